The third kappa shape index (κ3) is 18.9. The van der Waals surface area contributed by atoms with Crippen molar-refractivity contribution in [1.82, 2.24) is 49.9 Å². The van der Waals surface area contributed by atoms with Crippen molar-refractivity contribution in [2.45, 2.75) is 161 Å². The first-order chi connectivity index (χ1) is 49.8. The molecule has 1 aliphatic carbocycles. The van der Waals surface area contributed by atoms with Gasteiger partial charge < -0.3 is 50.4 Å². The summed E-state index contributed by atoms with van der Waals surface area (Å²) in [7, 11) is -4.63. The Hall–Kier alpha value is -7.81. The van der Waals surface area contributed by atoms with Crippen LogP contribution in [0, 0.1) is 33.8 Å². The van der Waals surface area contributed by atoms with E-state index in [1.807, 2.05) is 82.6 Å². The number of allylic oxidation sites excluding steroid dienone is 1. The van der Waals surface area contributed by atoms with E-state index in [0.717, 1.165) is 167 Å². The van der Waals surface area contributed by atoms with Crippen molar-refractivity contribution in [3.63, 3.8) is 0 Å². The molecular weight excluding hydrogens is 1370 g/mol. The van der Waals surface area contributed by atoms with Crippen molar-refractivity contribution in [2.24, 2.45) is 16.7 Å². The first-order valence-electron chi connectivity index (χ1n) is 37.1. The van der Waals surface area contributed by atoms with E-state index in [1.165, 1.54) is 35.0 Å². The normalized spacial score (nSPS) is 19.7. The molecule has 5 aliphatic rings. The van der Waals surface area contributed by atoms with Crippen LogP contribution in [0.2, 0.25) is 5.02 Å². The summed E-state index contributed by atoms with van der Waals surface area (Å²) in [5, 5.41) is 34.8. The van der Waals surface area contributed by atoms with E-state index >= 15 is 0 Å². The number of aromatic nitrogens is 3. The first kappa shape index (κ1) is 75.9. The van der Waals surface area contributed by atoms with Crippen LogP contribution in [0.25, 0.3) is 27.0 Å². The SMILES string of the molecule is Cc1ncsc1-c1ccc([C@H](C)NC(=O)[C@@H]2C[C@@H](O)CN2C(=O)[C@@H](NCCCCCCN2CCC(N3CCC(CNc4ccc(S(=O)(=O)NC(=O)c5ccc(N6CCN(CC7=C(c8ccc(Cl)cc8)CC(C)(C)CC7)CC6)cc5Oc5cnc6[nH]ccc6c5)cc4[N+](=O)[O-])CC3)CC2)C(C)(C)C)cc1. The van der Waals surface area contributed by atoms with Gasteiger partial charge in [0.05, 0.1) is 55.8 Å². The second-order valence-corrected chi connectivity index (χ2v) is 34.0. The van der Waals surface area contributed by atoms with E-state index in [0.29, 0.717) is 43.6 Å². The molecule has 4 atom stereocenters. The number of H-pyrrole nitrogens is 1. The van der Waals surface area contributed by atoms with E-state index < -0.39 is 55.0 Å². The summed E-state index contributed by atoms with van der Waals surface area (Å²) in [5.41, 5.74) is 9.93. The quantitative estimate of drug-likeness (QED) is 0.0159. The number of rotatable bonds is 27. The van der Waals surface area contributed by atoms with Gasteiger partial charge in [-0.3, -0.25) is 29.4 Å². The Kier molecular flexibility index (Phi) is 24.3. The molecule has 104 heavy (non-hydrogen) atoms. The molecule has 556 valence electrons. The molecule has 4 saturated heterocycles. The fraction of sp³-hybridized carbons (Fsp3) is 0.506. The molecule has 4 aliphatic heterocycles. The largest absolute Gasteiger partial charge is 0.455 e. The van der Waals surface area contributed by atoms with Crippen LogP contribution in [-0.2, 0) is 19.6 Å². The Labute approximate surface area is 620 Å². The first-order valence-corrected chi connectivity index (χ1v) is 39.8. The zero-order valence-electron chi connectivity index (χ0n) is 61.1. The average Bonchev–Trinajstić information content (AvgIpc) is 0.975. The minimum Gasteiger partial charge on any atom is -0.455 e. The van der Waals surface area contributed by atoms with Gasteiger partial charge in [-0.15, -0.1) is 11.3 Å². The number of anilines is 2. The minimum absolute atomic E-state index is 0.0442. The van der Waals surface area contributed by atoms with Crippen molar-refractivity contribution < 1.29 is 37.6 Å². The number of amides is 3. The van der Waals surface area contributed by atoms with E-state index in [1.54, 1.807) is 46.7 Å². The maximum absolute atomic E-state index is 14.3. The molecule has 0 saturated carbocycles. The van der Waals surface area contributed by atoms with Gasteiger partial charge in [0.2, 0.25) is 11.8 Å². The number of aryl methyl sites for hydroxylation is 1. The number of hydrogen-bond donors (Lipinski definition) is 6. The average molecular weight is 1480 g/mol. The number of hydrogen-bond acceptors (Lipinski definition) is 18. The Morgan fingerprint density at radius 1 is 0.865 bits per heavy atom. The highest BCUT2D eigenvalue weighted by molar-refractivity contribution is 7.90. The number of nitrogens with one attached hydrogen (secondary N) is 5. The lowest BCUT2D eigenvalue weighted by atomic mass is 9.72. The maximum atomic E-state index is 14.3. The number of aliphatic hydroxyl groups is 1. The number of sulfonamides is 1. The molecule has 0 bridgehead atoms. The zero-order chi connectivity index (χ0) is 73.5. The number of pyridine rings is 1. The van der Waals surface area contributed by atoms with Gasteiger partial charge in [0.25, 0.3) is 21.6 Å². The van der Waals surface area contributed by atoms with Gasteiger partial charge in [0.15, 0.2) is 0 Å². The van der Waals surface area contributed by atoms with Crippen LogP contribution in [-0.4, -0.2) is 180 Å². The molecule has 7 aromatic rings. The smallest absolute Gasteiger partial charge is 0.293 e. The third-order valence-electron chi connectivity index (χ3n) is 21.9. The number of fused-ring (bicyclic) bond motifs is 1. The second-order valence-electron chi connectivity index (χ2n) is 31.0. The molecule has 6 N–H and O–H groups in total. The summed E-state index contributed by atoms with van der Waals surface area (Å²) < 4.78 is 36.8. The Balaban J connectivity index is 0.572. The molecule has 0 spiro atoms. The zero-order valence-corrected chi connectivity index (χ0v) is 63.5. The molecule has 22 nitrogen and oxygen atoms in total. The molecule has 3 aromatic heterocycles. The van der Waals surface area contributed by atoms with Gasteiger partial charge in [0, 0.05) is 92.7 Å². The molecular formula is C79H102ClN13O9S2. The number of thiazole rings is 1. The fourth-order valence-electron chi connectivity index (χ4n) is 15.7. The molecule has 4 aromatic carbocycles. The number of ether oxygens (including phenoxy) is 1. The summed E-state index contributed by atoms with van der Waals surface area (Å²) in [6.45, 7) is 24.9. The number of carbonyl (C=O) groups excluding carboxylic acids is 3. The molecule has 7 heterocycles. The summed E-state index contributed by atoms with van der Waals surface area (Å²) in [5.74, 6) is -0.657. The Morgan fingerprint density at radius 3 is 2.31 bits per heavy atom. The number of likely N-dealkylation sites (tertiary alicyclic amines) is 3. The topological polar surface area (TPSA) is 264 Å². The number of unbranched alkanes of at least 4 members (excludes halogenated alkanes) is 3. The van der Waals surface area contributed by atoms with Gasteiger partial charge >= 0.3 is 0 Å². The molecule has 25 heteroatoms. The molecule has 12 rings (SSSR count). The molecule has 0 unspecified atom stereocenters. The molecule has 0 radical (unpaired) electrons. The van der Waals surface area contributed by atoms with Crippen LogP contribution < -0.4 is 30.3 Å². The number of nitrogens with zero attached hydrogens (tertiary/aromatic N) is 8. The maximum Gasteiger partial charge on any atom is 0.293 e. The van der Waals surface area contributed by atoms with Crippen molar-refractivity contribution in [1.29, 1.82) is 0 Å². The third-order valence-corrected chi connectivity index (χ3v) is 24.4. The van der Waals surface area contributed by atoms with Crippen LogP contribution in [0.15, 0.2) is 125 Å². The van der Waals surface area contributed by atoms with Crippen molar-refractivity contribution in [3.05, 3.63) is 158 Å². The van der Waals surface area contributed by atoms with E-state index in [9.17, 15) is 38.0 Å². The fourth-order valence-corrected chi connectivity index (χ4v) is 17.6. The predicted octanol–water partition coefficient (Wildman–Crippen LogP) is 13.2. The lowest BCUT2D eigenvalue weighted by Gasteiger charge is -2.42. The molecule has 4 fully saturated rings. The van der Waals surface area contributed by atoms with E-state index in [-0.39, 0.29) is 59.2 Å². The highest BCUT2D eigenvalue weighted by Crippen LogP contribution is 2.44. The summed E-state index contributed by atoms with van der Waals surface area (Å²) >= 11 is 7.89. The second kappa shape index (κ2) is 33.3. The predicted molar refractivity (Wildman–Crippen MR) is 412 cm³/mol. The van der Waals surface area contributed by atoms with E-state index in [2.05, 4.69) is 81.2 Å². The number of nitro groups is 1. The highest BCUT2D eigenvalue weighted by atomic mass is 35.5. The van der Waals surface area contributed by atoms with Crippen LogP contribution in [0.5, 0.6) is 11.5 Å². The number of carbonyl (C=O) groups is 3. The number of piperazine rings is 1. The van der Waals surface area contributed by atoms with Crippen LogP contribution >= 0.6 is 22.9 Å². The van der Waals surface area contributed by atoms with Gasteiger partial charge in [-0.25, -0.2) is 23.1 Å². The number of halogens is 1. The minimum atomic E-state index is -4.63. The number of piperidine rings is 2. The number of benzene rings is 4. The summed E-state index contributed by atoms with van der Waals surface area (Å²) in [6.07, 6.45) is 14.1. The van der Waals surface area contributed by atoms with Gasteiger partial charge in [0.1, 0.15) is 28.9 Å². The Morgan fingerprint density at radius 2 is 1.60 bits per heavy atom. The van der Waals surface area contributed by atoms with Gasteiger partial charge in [-0.05, 0) is 198 Å². The monoisotopic (exact) mass is 1480 g/mol. The lowest BCUT2D eigenvalue weighted by molar-refractivity contribution is -0.384. The van der Waals surface area contributed by atoms with Crippen molar-refractivity contribution >= 4 is 84.4 Å². The van der Waals surface area contributed by atoms with Gasteiger partial charge in [-0.2, -0.15) is 0 Å². The van der Waals surface area contributed by atoms with Crippen LogP contribution in [0.1, 0.15) is 152 Å². The van der Waals surface area contributed by atoms with Gasteiger partial charge in [-0.1, -0.05) is 101 Å². The lowest BCUT2D eigenvalue weighted by Crippen LogP contribution is -2.56. The molecule has 3 amide bonds. The Bertz CT molecular complexity index is 4310. The van der Waals surface area contributed by atoms with Crippen LogP contribution in [0.3, 0.4) is 0 Å². The standard InChI is InChI=1S/C79H102ClN13O9S2/c1-52(55-12-14-57(15-13-55)72-53(2)85-51-103-72)86-76(96)70-44-63(94)50-92(70)77(97)73(78(3,4)5)81-31-10-8-9-11-33-88-34-28-61(29-35-88)90-36-26-54(27-37-90)47-83-68-23-21-65(45-69(68)93(98)99)104(100,101)87-75(95)66-22-20-62(43-71(66)102-64-42-58-25-32-82-74(58)84-48-64)91-40-38-89(39-41-91)49-59-24-30-79(6,7)46-67(59)56-16-18-60(80)19-17-56/h12-23,25,32,42-43,45,48,51-52,54,61,63,70,73,81,83,94H,8-11,24,26-31,33-41,44,46-47,49-50H2,1-7H3,(H,82,84)(H,86,96)(H,87,95)/t52-,63+,70-,73+/m0/s1. The number of aliphatic hydroxyl groups excluding tert-OH is 1. The summed E-state index contributed by atoms with van der Waals surface area (Å²) in [4.78, 5) is 78.4. The highest BCUT2D eigenvalue weighted by Gasteiger charge is 2.44. The summed E-state index contributed by atoms with van der Waals surface area (Å²) in [6, 6.07) is 27.6. The van der Waals surface area contributed by atoms with Crippen molar-refractivity contribution in [2.75, 3.05) is 95.3 Å². The van der Waals surface area contributed by atoms with E-state index in [4.69, 9.17) is 16.3 Å². The number of nitro benzene ring substituents is 1. The number of β-amino-alcohol motifs (C(OH)–C–C–N with tert-alkyl or cyclic N) is 1. The number of aromatic amines is 1. The van der Waals surface area contributed by atoms with Crippen LogP contribution in [0.4, 0.5) is 17.1 Å². The van der Waals surface area contributed by atoms with Crippen molar-refractivity contribution in [3.8, 4) is 21.9 Å².